The second kappa shape index (κ2) is 4.98. The molecule has 100 valence electrons. The van der Waals surface area contributed by atoms with Crippen molar-refractivity contribution in [1.82, 2.24) is 18.8 Å². The average Bonchev–Trinajstić information content (AvgIpc) is 2.66. The van der Waals surface area contributed by atoms with Gasteiger partial charge in [0.15, 0.2) is 0 Å². The second-order valence-corrected chi connectivity index (χ2v) is 6.13. The summed E-state index contributed by atoms with van der Waals surface area (Å²) in [5.74, 6) is 0. The Morgan fingerprint density at radius 1 is 1.32 bits per heavy atom. The molecule has 19 heavy (non-hydrogen) atoms. The van der Waals surface area contributed by atoms with Crippen LogP contribution in [0.5, 0.6) is 0 Å². The van der Waals surface area contributed by atoms with Gasteiger partial charge in [0.2, 0.25) is 0 Å². The molecule has 1 aliphatic heterocycles. The Morgan fingerprint density at radius 3 is 2.89 bits per heavy atom. The molecule has 0 saturated heterocycles. The van der Waals surface area contributed by atoms with Gasteiger partial charge in [-0.25, -0.2) is 14.3 Å². The molecular weight excluding hydrogens is 256 g/mol. The van der Waals surface area contributed by atoms with Gasteiger partial charge in [-0.2, -0.15) is 0 Å². The van der Waals surface area contributed by atoms with E-state index in [4.69, 9.17) is 0 Å². The summed E-state index contributed by atoms with van der Waals surface area (Å²) in [6.45, 7) is 6.29. The van der Waals surface area contributed by atoms with Crippen LogP contribution in [0, 0.1) is 13.8 Å². The van der Waals surface area contributed by atoms with Crippen LogP contribution in [-0.4, -0.2) is 25.4 Å². The van der Waals surface area contributed by atoms with E-state index >= 15 is 0 Å². The lowest BCUT2D eigenvalue weighted by molar-refractivity contribution is 0.437. The molecule has 0 amide bonds. The van der Waals surface area contributed by atoms with Crippen LogP contribution in [0.4, 0.5) is 0 Å². The van der Waals surface area contributed by atoms with Crippen LogP contribution in [0.3, 0.4) is 0 Å². The minimum absolute atomic E-state index is 0.925. The molecule has 1 aliphatic rings. The first-order valence-electron chi connectivity index (χ1n) is 6.48. The Kier molecular flexibility index (Phi) is 3.33. The monoisotopic (exact) mass is 274 g/mol. The Bertz CT molecular complexity index is 605. The van der Waals surface area contributed by atoms with Crippen LogP contribution in [0.1, 0.15) is 22.6 Å². The molecule has 0 fully saturated rings. The van der Waals surface area contributed by atoms with E-state index in [1.165, 1.54) is 27.5 Å². The van der Waals surface area contributed by atoms with E-state index in [1.54, 1.807) is 6.33 Å². The van der Waals surface area contributed by atoms with Gasteiger partial charge in [-0.3, -0.25) is 0 Å². The molecule has 0 aliphatic carbocycles. The first-order valence-corrected chi connectivity index (χ1v) is 7.26. The number of nitrogens with zero attached hydrogens (tertiary/aromatic N) is 4. The molecule has 0 spiro atoms. The topological polar surface area (TPSA) is 34.0 Å². The van der Waals surface area contributed by atoms with E-state index < -0.39 is 0 Å². The minimum Gasteiger partial charge on any atom is -0.351 e. The van der Waals surface area contributed by atoms with E-state index in [0.29, 0.717) is 0 Å². The summed E-state index contributed by atoms with van der Waals surface area (Å²) < 4.78 is 4.64. The fourth-order valence-corrected chi connectivity index (χ4v) is 3.53. The Hall–Kier alpha value is -1.33. The zero-order chi connectivity index (χ0) is 13.4. The molecule has 0 N–H and O–H groups in total. The quantitative estimate of drug-likeness (QED) is 0.788. The molecule has 5 heteroatoms. The third-order valence-corrected chi connectivity index (χ3v) is 4.96. The minimum atomic E-state index is 0.925. The van der Waals surface area contributed by atoms with Gasteiger partial charge in [-0.05, 0) is 31.9 Å². The highest BCUT2D eigenvalue weighted by atomic mass is 32.2. The van der Waals surface area contributed by atoms with Crippen molar-refractivity contribution in [3.63, 3.8) is 0 Å². The SMILES string of the molecule is Cc1cc(SN2CCc3ncncc3C2)c(C)n1C. The van der Waals surface area contributed by atoms with Gasteiger partial charge in [-0.1, -0.05) is 0 Å². The van der Waals surface area contributed by atoms with Crippen LogP contribution < -0.4 is 0 Å². The summed E-state index contributed by atoms with van der Waals surface area (Å²) in [4.78, 5) is 9.82. The van der Waals surface area contributed by atoms with Gasteiger partial charge in [0.25, 0.3) is 0 Å². The maximum Gasteiger partial charge on any atom is 0.115 e. The van der Waals surface area contributed by atoms with E-state index in [-0.39, 0.29) is 0 Å². The van der Waals surface area contributed by atoms with Crippen LogP contribution in [0.25, 0.3) is 0 Å². The molecule has 0 radical (unpaired) electrons. The number of aryl methyl sites for hydroxylation is 1. The van der Waals surface area contributed by atoms with Gasteiger partial charge >= 0.3 is 0 Å². The highest BCUT2D eigenvalue weighted by Crippen LogP contribution is 2.31. The van der Waals surface area contributed by atoms with E-state index in [9.17, 15) is 0 Å². The summed E-state index contributed by atoms with van der Waals surface area (Å²) in [6, 6.07) is 2.26. The lowest BCUT2D eigenvalue weighted by Crippen LogP contribution is -2.25. The number of fused-ring (bicyclic) bond motifs is 1. The van der Waals surface area contributed by atoms with Crippen LogP contribution in [-0.2, 0) is 20.0 Å². The molecular formula is C14H18N4S. The van der Waals surface area contributed by atoms with Crippen molar-refractivity contribution < 1.29 is 0 Å². The van der Waals surface area contributed by atoms with Gasteiger partial charge < -0.3 is 4.57 Å². The highest BCUT2D eigenvalue weighted by molar-refractivity contribution is 7.97. The largest absolute Gasteiger partial charge is 0.351 e. The predicted molar refractivity (Wildman–Crippen MR) is 76.9 cm³/mol. The first kappa shape index (κ1) is 12.7. The Labute approximate surface area is 118 Å². The lowest BCUT2D eigenvalue weighted by atomic mass is 10.1. The molecule has 4 nitrogen and oxygen atoms in total. The molecule has 0 unspecified atom stereocenters. The zero-order valence-electron chi connectivity index (χ0n) is 11.6. The fraction of sp³-hybridized carbons (Fsp3) is 0.429. The third kappa shape index (κ3) is 2.40. The Balaban J connectivity index is 1.77. The smallest absolute Gasteiger partial charge is 0.115 e. The molecule has 0 saturated carbocycles. The van der Waals surface area contributed by atoms with E-state index in [0.717, 1.165) is 19.5 Å². The summed E-state index contributed by atoms with van der Waals surface area (Å²) in [7, 11) is 2.12. The molecule has 3 rings (SSSR count). The standard InChI is InChI=1S/C14H18N4S/c1-10-6-14(11(2)17(10)3)19-18-5-4-13-12(8-18)7-15-9-16-13/h6-7,9H,4-5,8H2,1-3H3. The number of rotatable bonds is 2. The van der Waals surface area contributed by atoms with Crippen molar-refractivity contribution in [3.05, 3.63) is 41.2 Å². The fourth-order valence-electron chi connectivity index (χ4n) is 2.37. The second-order valence-electron chi connectivity index (χ2n) is 4.99. The van der Waals surface area contributed by atoms with Crippen LogP contribution >= 0.6 is 11.9 Å². The number of aromatic nitrogens is 3. The summed E-state index contributed by atoms with van der Waals surface area (Å²) >= 11 is 1.85. The van der Waals surface area contributed by atoms with Crippen molar-refractivity contribution in [2.45, 2.75) is 31.7 Å². The summed E-state index contributed by atoms with van der Waals surface area (Å²) in [6.07, 6.45) is 4.60. The van der Waals surface area contributed by atoms with E-state index in [2.05, 4.69) is 45.8 Å². The molecule has 3 heterocycles. The normalized spacial score (nSPS) is 15.5. The molecule has 0 aromatic carbocycles. The average molecular weight is 274 g/mol. The molecule has 0 atom stereocenters. The van der Waals surface area contributed by atoms with Crippen molar-refractivity contribution in [2.75, 3.05) is 6.54 Å². The summed E-state index contributed by atoms with van der Waals surface area (Å²) in [5, 5.41) is 0. The van der Waals surface area contributed by atoms with Gasteiger partial charge in [0.05, 0.1) is 0 Å². The third-order valence-electron chi connectivity index (χ3n) is 3.78. The van der Waals surface area contributed by atoms with Crippen molar-refractivity contribution in [3.8, 4) is 0 Å². The maximum atomic E-state index is 4.35. The van der Waals surface area contributed by atoms with E-state index in [1.807, 2.05) is 18.1 Å². The van der Waals surface area contributed by atoms with Crippen LogP contribution in [0.2, 0.25) is 0 Å². The van der Waals surface area contributed by atoms with Gasteiger partial charge in [0.1, 0.15) is 6.33 Å². The number of hydrogen-bond donors (Lipinski definition) is 0. The number of hydrogen-bond acceptors (Lipinski definition) is 4. The zero-order valence-corrected chi connectivity index (χ0v) is 12.4. The predicted octanol–water partition coefficient (Wildman–Crippen LogP) is 2.50. The Morgan fingerprint density at radius 2 is 2.16 bits per heavy atom. The lowest BCUT2D eigenvalue weighted by Gasteiger charge is -2.26. The van der Waals surface area contributed by atoms with Gasteiger partial charge in [0, 0.05) is 60.3 Å². The summed E-state index contributed by atoms with van der Waals surface area (Å²) in [5.41, 5.74) is 5.10. The first-order chi connectivity index (χ1) is 9.15. The van der Waals surface area contributed by atoms with Crippen molar-refractivity contribution >= 4 is 11.9 Å². The molecule has 0 bridgehead atoms. The molecule has 2 aromatic rings. The van der Waals surface area contributed by atoms with Crippen LogP contribution in [0.15, 0.2) is 23.5 Å². The molecule has 2 aromatic heterocycles. The highest BCUT2D eigenvalue weighted by Gasteiger charge is 2.19. The van der Waals surface area contributed by atoms with Gasteiger partial charge in [-0.15, -0.1) is 0 Å². The van der Waals surface area contributed by atoms with Crippen molar-refractivity contribution in [2.24, 2.45) is 7.05 Å². The maximum absolute atomic E-state index is 4.35. The van der Waals surface area contributed by atoms with Crippen molar-refractivity contribution in [1.29, 1.82) is 0 Å².